The van der Waals surface area contributed by atoms with Crippen LogP contribution >= 0.6 is 11.6 Å². The van der Waals surface area contributed by atoms with Crippen molar-refractivity contribution in [1.82, 2.24) is 0 Å². The maximum Gasteiger partial charge on any atom is 0.310 e. The Labute approximate surface area is 162 Å². The number of halogens is 1. The van der Waals surface area contributed by atoms with Gasteiger partial charge in [0, 0.05) is 16.3 Å². The number of nitrogens with one attached hydrogen (secondary N) is 1. The molecule has 5 heteroatoms. The molecule has 0 saturated carbocycles. The normalized spacial score (nSPS) is 10.3. The summed E-state index contributed by atoms with van der Waals surface area (Å²) < 4.78 is 5.28. The molecule has 0 heterocycles. The van der Waals surface area contributed by atoms with Crippen LogP contribution in [0, 0.1) is 0 Å². The molecule has 0 aromatic heterocycles. The van der Waals surface area contributed by atoms with Gasteiger partial charge in [0.05, 0.1) is 6.42 Å². The van der Waals surface area contributed by atoms with Crippen LogP contribution in [0.5, 0.6) is 0 Å². The maximum absolute atomic E-state index is 12.2. The van der Waals surface area contributed by atoms with Crippen molar-refractivity contribution in [3.05, 3.63) is 101 Å². The molecule has 4 nitrogen and oxygen atoms in total. The van der Waals surface area contributed by atoms with Gasteiger partial charge < -0.3 is 10.1 Å². The molecule has 0 unspecified atom stereocenters. The summed E-state index contributed by atoms with van der Waals surface area (Å²) in [7, 11) is 0. The Morgan fingerprint density at radius 1 is 0.852 bits per heavy atom. The number of hydrogen-bond acceptors (Lipinski definition) is 3. The van der Waals surface area contributed by atoms with Crippen molar-refractivity contribution in [3.8, 4) is 0 Å². The summed E-state index contributed by atoms with van der Waals surface area (Å²) in [6.07, 6.45) is 0.122. The minimum Gasteiger partial charge on any atom is -0.461 e. The van der Waals surface area contributed by atoms with Crippen molar-refractivity contribution in [2.45, 2.75) is 13.0 Å². The van der Waals surface area contributed by atoms with Crippen LogP contribution in [0.15, 0.2) is 78.9 Å². The lowest BCUT2D eigenvalue weighted by atomic mass is 10.1. The molecule has 0 aliphatic carbocycles. The highest BCUT2D eigenvalue weighted by molar-refractivity contribution is 6.31. The second-order valence-electron chi connectivity index (χ2n) is 5.95. The third-order valence-corrected chi connectivity index (χ3v) is 4.31. The lowest BCUT2D eigenvalue weighted by molar-refractivity contribution is -0.144. The first kappa shape index (κ1) is 18.7. The Balaban J connectivity index is 1.52. The van der Waals surface area contributed by atoms with E-state index >= 15 is 0 Å². The van der Waals surface area contributed by atoms with E-state index in [4.69, 9.17) is 16.3 Å². The van der Waals surface area contributed by atoms with Crippen LogP contribution in [0.4, 0.5) is 5.69 Å². The second-order valence-corrected chi connectivity index (χ2v) is 6.35. The number of amides is 1. The molecule has 0 aliphatic rings. The highest BCUT2D eigenvalue weighted by Gasteiger charge is 2.09. The van der Waals surface area contributed by atoms with Gasteiger partial charge in [-0.3, -0.25) is 9.59 Å². The topological polar surface area (TPSA) is 55.4 Å². The first-order chi connectivity index (χ1) is 13.1. The van der Waals surface area contributed by atoms with Crippen LogP contribution in [0.2, 0.25) is 5.02 Å². The zero-order valence-electron chi connectivity index (χ0n) is 14.5. The van der Waals surface area contributed by atoms with Crippen LogP contribution in [0.3, 0.4) is 0 Å². The van der Waals surface area contributed by atoms with Gasteiger partial charge >= 0.3 is 5.97 Å². The van der Waals surface area contributed by atoms with Crippen molar-refractivity contribution in [3.63, 3.8) is 0 Å². The standard InChI is InChI=1S/C22H18ClNO3/c23-20-9-5-4-6-18(20)14-21(25)27-15-16-10-12-17(13-11-16)22(26)24-19-7-2-1-3-8-19/h1-13H,14-15H2,(H,24,26). The van der Waals surface area contributed by atoms with Gasteiger partial charge in [-0.25, -0.2) is 0 Å². The van der Waals surface area contributed by atoms with Gasteiger partial charge in [0.15, 0.2) is 0 Å². The lowest BCUT2D eigenvalue weighted by Gasteiger charge is -2.08. The summed E-state index contributed by atoms with van der Waals surface area (Å²) in [6, 6.07) is 23.4. The zero-order valence-corrected chi connectivity index (χ0v) is 15.3. The minimum atomic E-state index is -0.353. The fourth-order valence-corrected chi connectivity index (χ4v) is 2.69. The number of esters is 1. The van der Waals surface area contributed by atoms with E-state index in [1.54, 1.807) is 36.4 Å². The molecule has 0 atom stereocenters. The number of rotatable bonds is 6. The van der Waals surface area contributed by atoms with Gasteiger partial charge in [-0.2, -0.15) is 0 Å². The predicted octanol–water partition coefficient (Wildman–Crippen LogP) is 4.88. The van der Waals surface area contributed by atoms with Gasteiger partial charge in [0.25, 0.3) is 5.91 Å². The summed E-state index contributed by atoms with van der Waals surface area (Å²) in [5.74, 6) is -0.544. The average Bonchev–Trinajstić information content (AvgIpc) is 2.69. The molecule has 0 bridgehead atoms. The van der Waals surface area contributed by atoms with Gasteiger partial charge in [-0.15, -0.1) is 0 Å². The van der Waals surface area contributed by atoms with Crippen LogP contribution in [-0.4, -0.2) is 11.9 Å². The van der Waals surface area contributed by atoms with Crippen molar-refractivity contribution in [1.29, 1.82) is 0 Å². The summed E-state index contributed by atoms with van der Waals surface area (Å²) in [4.78, 5) is 24.2. The monoisotopic (exact) mass is 379 g/mol. The maximum atomic E-state index is 12.2. The minimum absolute atomic E-state index is 0.122. The van der Waals surface area contributed by atoms with Crippen LogP contribution in [0.25, 0.3) is 0 Å². The number of benzene rings is 3. The van der Waals surface area contributed by atoms with Gasteiger partial charge in [0.2, 0.25) is 0 Å². The Morgan fingerprint density at radius 2 is 1.52 bits per heavy atom. The van der Waals surface area contributed by atoms with Crippen LogP contribution < -0.4 is 5.32 Å². The number of ether oxygens (including phenoxy) is 1. The molecule has 27 heavy (non-hydrogen) atoms. The zero-order chi connectivity index (χ0) is 19.1. The van der Waals surface area contributed by atoms with E-state index in [0.717, 1.165) is 16.8 Å². The summed E-state index contributed by atoms with van der Waals surface area (Å²) in [6.45, 7) is 0.143. The fraction of sp³-hybridized carbons (Fsp3) is 0.0909. The molecule has 1 amide bonds. The number of carbonyl (C=O) groups is 2. The van der Waals surface area contributed by atoms with Gasteiger partial charge in [0.1, 0.15) is 6.61 Å². The van der Waals surface area contributed by atoms with Crippen LogP contribution in [0.1, 0.15) is 21.5 Å². The molecular formula is C22H18ClNO3. The number of para-hydroxylation sites is 1. The smallest absolute Gasteiger partial charge is 0.310 e. The van der Waals surface area contributed by atoms with Gasteiger partial charge in [-0.1, -0.05) is 60.1 Å². The highest BCUT2D eigenvalue weighted by Crippen LogP contribution is 2.16. The highest BCUT2D eigenvalue weighted by atomic mass is 35.5. The van der Waals surface area contributed by atoms with E-state index in [0.29, 0.717) is 10.6 Å². The number of carbonyl (C=O) groups excluding carboxylic acids is 2. The molecule has 0 aliphatic heterocycles. The summed E-state index contributed by atoms with van der Waals surface area (Å²) in [5, 5.41) is 3.37. The molecule has 0 saturated heterocycles. The van der Waals surface area contributed by atoms with E-state index in [2.05, 4.69) is 5.32 Å². The Kier molecular flexibility index (Phi) is 6.23. The molecule has 0 spiro atoms. The first-order valence-corrected chi connectivity index (χ1v) is 8.84. The van der Waals surface area contributed by atoms with E-state index in [1.165, 1.54) is 0 Å². The predicted molar refractivity (Wildman–Crippen MR) is 106 cm³/mol. The quantitative estimate of drug-likeness (QED) is 0.621. The molecule has 0 fully saturated rings. The van der Waals surface area contributed by atoms with Crippen molar-refractivity contribution in [2.75, 3.05) is 5.32 Å². The summed E-state index contributed by atoms with van der Waals surface area (Å²) in [5.41, 5.74) is 2.81. The van der Waals surface area contributed by atoms with Gasteiger partial charge in [-0.05, 0) is 41.5 Å². The van der Waals surface area contributed by atoms with Crippen molar-refractivity contribution in [2.24, 2.45) is 0 Å². The Bertz CT molecular complexity index is 924. The molecule has 3 rings (SSSR count). The fourth-order valence-electron chi connectivity index (χ4n) is 2.49. The van der Waals surface area contributed by atoms with Crippen molar-refractivity contribution >= 4 is 29.2 Å². The molecule has 3 aromatic carbocycles. The Morgan fingerprint density at radius 3 is 2.22 bits per heavy atom. The second kappa shape index (κ2) is 9.01. The van der Waals surface area contributed by atoms with E-state index in [-0.39, 0.29) is 24.9 Å². The first-order valence-electron chi connectivity index (χ1n) is 8.46. The summed E-state index contributed by atoms with van der Waals surface area (Å²) >= 11 is 6.04. The van der Waals surface area contributed by atoms with Crippen LogP contribution in [-0.2, 0) is 22.6 Å². The molecule has 1 N–H and O–H groups in total. The average molecular weight is 380 g/mol. The SMILES string of the molecule is O=C(Cc1ccccc1Cl)OCc1ccc(C(=O)Nc2ccccc2)cc1. The van der Waals surface area contributed by atoms with E-state index in [9.17, 15) is 9.59 Å². The molecule has 136 valence electrons. The van der Waals surface area contributed by atoms with E-state index in [1.807, 2.05) is 42.5 Å². The Hall–Kier alpha value is -3.11. The molecule has 0 radical (unpaired) electrons. The number of hydrogen-bond donors (Lipinski definition) is 1. The molecular weight excluding hydrogens is 362 g/mol. The number of anilines is 1. The van der Waals surface area contributed by atoms with E-state index < -0.39 is 0 Å². The lowest BCUT2D eigenvalue weighted by Crippen LogP contribution is -2.12. The largest absolute Gasteiger partial charge is 0.461 e. The van der Waals surface area contributed by atoms with Crippen molar-refractivity contribution < 1.29 is 14.3 Å². The molecule has 3 aromatic rings. The third-order valence-electron chi connectivity index (χ3n) is 3.94. The third kappa shape index (κ3) is 5.43.